The molecule has 0 unspecified atom stereocenters. The minimum Gasteiger partial charge on any atom is -0.399 e. The van der Waals surface area contributed by atoms with Gasteiger partial charge in [-0.15, -0.1) is 0 Å². The van der Waals surface area contributed by atoms with Crippen molar-refractivity contribution in [3.8, 4) is 0 Å². The van der Waals surface area contributed by atoms with Crippen molar-refractivity contribution < 1.29 is 18.5 Å². The first kappa shape index (κ1) is 19.4. The molecule has 0 radical (unpaired) electrons. The molecular weight excluding hydrogens is 332 g/mol. The molecule has 1 aromatic rings. The quantitative estimate of drug-likeness (QED) is 0.777. The Morgan fingerprint density at radius 1 is 1.19 bits per heavy atom. The van der Waals surface area contributed by atoms with E-state index in [-0.39, 0.29) is 18.1 Å². The molecule has 0 saturated carbocycles. The van der Waals surface area contributed by atoms with Gasteiger partial charge in [-0.1, -0.05) is 13.0 Å². The van der Waals surface area contributed by atoms with Crippen LogP contribution in [0.15, 0.2) is 18.2 Å². The van der Waals surface area contributed by atoms with Crippen molar-refractivity contribution in [3.63, 3.8) is 0 Å². The van der Waals surface area contributed by atoms with E-state index >= 15 is 0 Å². The SMILES string of the molecule is CC1CCN(C(=O)Cc2cc(F)ccc2B2OC(C)(C)C(C)(C)O2)CC1. The molecule has 4 nitrogen and oxygen atoms in total. The molecule has 142 valence electrons. The summed E-state index contributed by atoms with van der Waals surface area (Å²) in [4.78, 5) is 14.6. The highest BCUT2D eigenvalue weighted by Crippen LogP contribution is 2.36. The van der Waals surface area contributed by atoms with E-state index in [0.29, 0.717) is 11.5 Å². The molecule has 0 atom stereocenters. The zero-order valence-corrected chi connectivity index (χ0v) is 16.5. The Bertz CT molecular complexity index is 668. The normalized spacial score (nSPS) is 22.7. The molecule has 1 amide bonds. The number of piperidine rings is 1. The third-order valence-electron chi connectivity index (χ3n) is 6.09. The van der Waals surface area contributed by atoms with Gasteiger partial charge in [-0.2, -0.15) is 0 Å². The van der Waals surface area contributed by atoms with Crippen LogP contribution in [0.25, 0.3) is 0 Å². The molecule has 0 bridgehead atoms. The number of carbonyl (C=O) groups excluding carboxylic acids is 1. The summed E-state index contributed by atoms with van der Waals surface area (Å²) in [6.45, 7) is 11.7. The first-order valence-corrected chi connectivity index (χ1v) is 9.51. The number of hydrogen-bond donors (Lipinski definition) is 0. The fraction of sp³-hybridized carbons (Fsp3) is 0.650. The molecule has 6 heteroatoms. The van der Waals surface area contributed by atoms with Crippen LogP contribution in [0.4, 0.5) is 4.39 Å². The second kappa shape index (κ2) is 6.97. The molecule has 3 rings (SSSR count). The Morgan fingerprint density at radius 3 is 2.35 bits per heavy atom. The van der Waals surface area contributed by atoms with E-state index < -0.39 is 18.3 Å². The van der Waals surface area contributed by atoms with Crippen LogP contribution in [-0.2, 0) is 20.5 Å². The van der Waals surface area contributed by atoms with Gasteiger partial charge in [0.2, 0.25) is 5.91 Å². The van der Waals surface area contributed by atoms with Crippen LogP contribution in [0.2, 0.25) is 0 Å². The lowest BCUT2D eigenvalue weighted by Crippen LogP contribution is -2.41. The molecule has 2 heterocycles. The van der Waals surface area contributed by atoms with E-state index in [4.69, 9.17) is 9.31 Å². The van der Waals surface area contributed by atoms with Crippen LogP contribution in [0, 0.1) is 11.7 Å². The fourth-order valence-electron chi connectivity index (χ4n) is 3.46. The van der Waals surface area contributed by atoms with Crippen LogP contribution in [0.1, 0.15) is 53.0 Å². The first-order chi connectivity index (χ1) is 12.1. The average molecular weight is 361 g/mol. The maximum absolute atomic E-state index is 13.9. The van der Waals surface area contributed by atoms with Gasteiger partial charge in [-0.05, 0) is 69.6 Å². The van der Waals surface area contributed by atoms with Crippen LogP contribution in [0.5, 0.6) is 0 Å². The molecule has 1 aromatic carbocycles. The summed E-state index contributed by atoms with van der Waals surface area (Å²) in [5, 5.41) is 0. The van der Waals surface area contributed by atoms with Crippen LogP contribution < -0.4 is 5.46 Å². The zero-order valence-electron chi connectivity index (χ0n) is 16.5. The number of hydrogen-bond acceptors (Lipinski definition) is 3. The van der Waals surface area contributed by atoms with E-state index in [1.807, 2.05) is 32.6 Å². The van der Waals surface area contributed by atoms with Crippen LogP contribution in [-0.4, -0.2) is 42.2 Å². The number of rotatable bonds is 3. The van der Waals surface area contributed by atoms with Crippen molar-refractivity contribution in [2.24, 2.45) is 5.92 Å². The maximum atomic E-state index is 13.9. The van der Waals surface area contributed by atoms with Crippen LogP contribution >= 0.6 is 0 Å². The minimum atomic E-state index is -0.593. The smallest absolute Gasteiger partial charge is 0.399 e. The van der Waals surface area contributed by atoms with Gasteiger partial charge in [0, 0.05) is 13.1 Å². The summed E-state index contributed by atoms with van der Waals surface area (Å²) in [6, 6.07) is 4.51. The third kappa shape index (κ3) is 3.81. The van der Waals surface area contributed by atoms with Crippen molar-refractivity contribution in [3.05, 3.63) is 29.6 Å². The van der Waals surface area contributed by atoms with Gasteiger partial charge in [0.05, 0.1) is 17.6 Å². The number of benzene rings is 1. The molecule has 0 N–H and O–H groups in total. The first-order valence-electron chi connectivity index (χ1n) is 9.51. The molecule has 0 aromatic heterocycles. The summed E-state index contributed by atoms with van der Waals surface area (Å²) in [7, 11) is -0.593. The Hall–Kier alpha value is -1.40. The standard InChI is InChI=1S/C20H29BFNO3/c1-14-8-10-23(11-9-14)18(24)13-15-12-16(22)6-7-17(15)21-25-19(2,3)20(4,5)26-21/h6-7,12,14H,8-11,13H2,1-5H3. The van der Waals surface area contributed by atoms with E-state index in [2.05, 4.69) is 6.92 Å². The predicted octanol–water partition coefficient (Wildman–Crippen LogP) is 2.93. The Labute approximate surface area is 156 Å². The monoisotopic (exact) mass is 361 g/mol. The van der Waals surface area contributed by atoms with E-state index in [0.717, 1.165) is 31.4 Å². The second-order valence-corrected chi connectivity index (χ2v) is 8.67. The van der Waals surface area contributed by atoms with Crippen LogP contribution in [0.3, 0.4) is 0 Å². The van der Waals surface area contributed by atoms with Crippen molar-refractivity contribution in [2.75, 3.05) is 13.1 Å². The lowest BCUT2D eigenvalue weighted by Gasteiger charge is -2.32. The molecule has 0 aliphatic carbocycles. The molecule has 2 saturated heterocycles. The van der Waals surface area contributed by atoms with E-state index in [9.17, 15) is 9.18 Å². The van der Waals surface area contributed by atoms with Gasteiger partial charge >= 0.3 is 7.12 Å². The predicted molar refractivity (Wildman–Crippen MR) is 101 cm³/mol. The van der Waals surface area contributed by atoms with Gasteiger partial charge < -0.3 is 14.2 Å². The summed E-state index contributed by atoms with van der Waals surface area (Å²) in [5.41, 5.74) is 0.433. The molecule has 2 fully saturated rings. The van der Waals surface area contributed by atoms with Gasteiger partial charge in [-0.3, -0.25) is 4.79 Å². The molecule has 0 spiro atoms. The molecule has 2 aliphatic heterocycles. The number of carbonyl (C=O) groups is 1. The van der Waals surface area contributed by atoms with E-state index in [1.54, 1.807) is 6.07 Å². The highest BCUT2D eigenvalue weighted by molar-refractivity contribution is 6.62. The Morgan fingerprint density at radius 2 is 1.77 bits per heavy atom. The summed E-state index contributed by atoms with van der Waals surface area (Å²) < 4.78 is 26.1. The Kier molecular flexibility index (Phi) is 5.19. The fourth-order valence-corrected chi connectivity index (χ4v) is 3.46. The van der Waals surface area contributed by atoms with Gasteiger partial charge in [-0.25, -0.2) is 4.39 Å². The molecular formula is C20H29BFNO3. The van der Waals surface area contributed by atoms with E-state index in [1.165, 1.54) is 12.1 Å². The van der Waals surface area contributed by atoms with Gasteiger partial charge in [0.25, 0.3) is 0 Å². The summed E-state index contributed by atoms with van der Waals surface area (Å²) >= 11 is 0. The number of likely N-dealkylation sites (tertiary alicyclic amines) is 1. The number of nitrogens with zero attached hydrogens (tertiary/aromatic N) is 1. The topological polar surface area (TPSA) is 38.8 Å². The minimum absolute atomic E-state index is 0.0419. The van der Waals surface area contributed by atoms with Gasteiger partial charge in [0.15, 0.2) is 0 Å². The lowest BCUT2D eigenvalue weighted by atomic mass is 9.75. The second-order valence-electron chi connectivity index (χ2n) is 8.67. The van der Waals surface area contributed by atoms with Gasteiger partial charge in [0.1, 0.15) is 5.82 Å². The lowest BCUT2D eigenvalue weighted by molar-refractivity contribution is -0.131. The average Bonchev–Trinajstić information content (AvgIpc) is 2.76. The van der Waals surface area contributed by atoms with Crippen molar-refractivity contribution >= 4 is 18.5 Å². The highest BCUT2D eigenvalue weighted by atomic mass is 19.1. The zero-order chi connectivity index (χ0) is 19.1. The highest BCUT2D eigenvalue weighted by Gasteiger charge is 2.52. The molecule has 26 heavy (non-hydrogen) atoms. The Balaban J connectivity index is 1.80. The third-order valence-corrected chi connectivity index (χ3v) is 6.09. The van der Waals surface area contributed by atoms with Crippen molar-refractivity contribution in [1.29, 1.82) is 0 Å². The summed E-state index contributed by atoms with van der Waals surface area (Å²) in [5.74, 6) is 0.356. The maximum Gasteiger partial charge on any atom is 0.495 e. The van der Waals surface area contributed by atoms with Crippen molar-refractivity contribution in [2.45, 2.75) is 65.1 Å². The number of halogens is 1. The summed E-state index contributed by atoms with van der Waals surface area (Å²) in [6.07, 6.45) is 2.23. The van der Waals surface area contributed by atoms with Crippen molar-refractivity contribution in [1.82, 2.24) is 4.90 Å². The largest absolute Gasteiger partial charge is 0.495 e. The number of amides is 1. The molecule has 2 aliphatic rings.